The summed E-state index contributed by atoms with van der Waals surface area (Å²) in [4.78, 5) is 0. The Bertz CT molecular complexity index is 357. The first-order chi connectivity index (χ1) is 11.3. The van der Waals surface area contributed by atoms with Crippen LogP contribution in [0.1, 0.15) is 67.2 Å². The van der Waals surface area contributed by atoms with E-state index in [1.165, 1.54) is 6.42 Å². The molecular formula is C20H40O3Si. The number of hydrogen-bond donors (Lipinski definition) is 1. The van der Waals surface area contributed by atoms with Crippen molar-refractivity contribution < 1.29 is 14.3 Å². The topological polar surface area (TPSA) is 38.7 Å². The molecule has 1 aliphatic carbocycles. The second-order valence-electron chi connectivity index (χ2n) is 8.32. The van der Waals surface area contributed by atoms with Crippen molar-refractivity contribution >= 4 is 8.32 Å². The molecule has 0 unspecified atom stereocenters. The molecule has 0 radical (unpaired) electrons. The normalized spacial score (nSPS) is 26.2. The third-order valence-electron chi connectivity index (χ3n) is 5.95. The van der Waals surface area contributed by atoms with Gasteiger partial charge in [-0.2, -0.15) is 0 Å². The van der Waals surface area contributed by atoms with Gasteiger partial charge in [0.25, 0.3) is 0 Å². The smallest absolute Gasteiger partial charge is 0.200 e. The molecule has 3 nitrogen and oxygen atoms in total. The number of rotatable bonds is 9. The largest absolute Gasteiger partial charge is 0.411 e. The average molecular weight is 357 g/mol. The summed E-state index contributed by atoms with van der Waals surface area (Å²) in [5.74, 6) is 0.644. The van der Waals surface area contributed by atoms with E-state index in [2.05, 4.69) is 47.6 Å². The van der Waals surface area contributed by atoms with Gasteiger partial charge in [0.05, 0.1) is 18.8 Å². The number of aliphatic hydroxyl groups excluding tert-OH is 1. The minimum atomic E-state index is -1.85. The summed E-state index contributed by atoms with van der Waals surface area (Å²) in [6.45, 7) is 14.2. The Labute approximate surface area is 151 Å². The molecule has 0 aromatic carbocycles. The number of methoxy groups -OCH3 is 1. The summed E-state index contributed by atoms with van der Waals surface area (Å²) < 4.78 is 12.8. The standard InChI is InChI=1S/C20H40O3Si/c1-15(2)24(16(3)4,17(5)6)23-19-12-11-18(10-8-9-13-21)14-20(19)22-7/h8-9,15-21H,10-14H2,1-7H3/b9-8+/t18-,19-,20-/m1/s1. The van der Waals surface area contributed by atoms with Crippen molar-refractivity contribution in [3.8, 4) is 0 Å². The molecule has 1 aliphatic rings. The minimum absolute atomic E-state index is 0.136. The quantitative estimate of drug-likeness (QED) is 0.450. The number of aliphatic hydroxyl groups is 1. The molecular weight excluding hydrogens is 316 g/mol. The van der Waals surface area contributed by atoms with Crippen LogP contribution in [0.3, 0.4) is 0 Å². The fourth-order valence-corrected chi connectivity index (χ4v) is 10.4. The van der Waals surface area contributed by atoms with Gasteiger partial charge in [0.2, 0.25) is 8.32 Å². The van der Waals surface area contributed by atoms with Crippen molar-refractivity contribution in [1.29, 1.82) is 0 Å². The van der Waals surface area contributed by atoms with Gasteiger partial charge >= 0.3 is 0 Å². The van der Waals surface area contributed by atoms with Gasteiger partial charge in [0.1, 0.15) is 0 Å². The van der Waals surface area contributed by atoms with Crippen LogP contribution in [0.15, 0.2) is 12.2 Å². The maximum Gasteiger partial charge on any atom is 0.200 e. The summed E-state index contributed by atoms with van der Waals surface area (Å²) in [5, 5.41) is 8.89. The van der Waals surface area contributed by atoms with E-state index >= 15 is 0 Å². The molecule has 1 fully saturated rings. The van der Waals surface area contributed by atoms with E-state index in [0.29, 0.717) is 22.5 Å². The summed E-state index contributed by atoms with van der Waals surface area (Å²) in [7, 11) is -0.0236. The van der Waals surface area contributed by atoms with Gasteiger partial charge < -0.3 is 14.3 Å². The van der Waals surface area contributed by atoms with E-state index < -0.39 is 8.32 Å². The first-order valence-electron chi connectivity index (χ1n) is 9.75. The predicted octanol–water partition coefficient (Wildman–Crippen LogP) is 5.30. The highest BCUT2D eigenvalue weighted by atomic mass is 28.4. The third-order valence-corrected chi connectivity index (χ3v) is 12.1. The van der Waals surface area contributed by atoms with Crippen LogP contribution in [-0.2, 0) is 9.16 Å². The van der Waals surface area contributed by atoms with Gasteiger partial charge in [-0.15, -0.1) is 0 Å². The molecule has 142 valence electrons. The van der Waals surface area contributed by atoms with E-state index in [4.69, 9.17) is 14.3 Å². The lowest BCUT2D eigenvalue weighted by Gasteiger charge is -2.47. The third kappa shape index (κ3) is 5.17. The minimum Gasteiger partial charge on any atom is -0.411 e. The molecule has 0 aromatic rings. The highest BCUT2D eigenvalue weighted by molar-refractivity contribution is 6.77. The average Bonchev–Trinajstić information content (AvgIpc) is 2.52. The lowest BCUT2D eigenvalue weighted by atomic mass is 9.83. The van der Waals surface area contributed by atoms with Crippen molar-refractivity contribution in [3.05, 3.63) is 12.2 Å². The van der Waals surface area contributed by atoms with Crippen molar-refractivity contribution in [2.75, 3.05) is 13.7 Å². The molecule has 0 amide bonds. The first kappa shape index (κ1) is 21.9. The molecule has 4 heteroatoms. The predicted molar refractivity (Wildman–Crippen MR) is 105 cm³/mol. The zero-order valence-electron chi connectivity index (χ0n) is 16.9. The molecule has 0 spiro atoms. The fourth-order valence-electron chi connectivity index (χ4n) is 4.81. The van der Waals surface area contributed by atoms with Crippen LogP contribution in [0.2, 0.25) is 16.6 Å². The second-order valence-corrected chi connectivity index (χ2v) is 13.7. The summed E-state index contributed by atoms with van der Waals surface area (Å²) in [6, 6.07) is 0. The Morgan fingerprint density at radius 2 is 1.54 bits per heavy atom. The van der Waals surface area contributed by atoms with E-state index in [1.807, 2.05) is 13.2 Å². The van der Waals surface area contributed by atoms with E-state index in [9.17, 15) is 0 Å². The Hall–Kier alpha value is -0.163. The SMILES string of the molecule is CO[C@@H]1C[C@H](C/C=C/CO)CC[C@H]1O[Si](C(C)C)(C(C)C)C(C)C. The number of allylic oxidation sites excluding steroid dienone is 1. The van der Waals surface area contributed by atoms with Gasteiger partial charge in [-0.3, -0.25) is 0 Å². The maximum absolute atomic E-state index is 8.89. The first-order valence-corrected chi connectivity index (χ1v) is 11.9. The number of ether oxygens (including phenoxy) is 1. The lowest BCUT2D eigenvalue weighted by Crippen LogP contribution is -2.53. The van der Waals surface area contributed by atoms with Crippen molar-refractivity contribution in [3.63, 3.8) is 0 Å². The summed E-state index contributed by atoms with van der Waals surface area (Å²) in [6.07, 6.45) is 8.79. The van der Waals surface area contributed by atoms with Crippen LogP contribution in [0.25, 0.3) is 0 Å². The van der Waals surface area contributed by atoms with E-state index in [-0.39, 0.29) is 18.8 Å². The zero-order valence-corrected chi connectivity index (χ0v) is 17.9. The fraction of sp³-hybridized carbons (Fsp3) is 0.900. The molecule has 1 N–H and O–H groups in total. The Kier molecular flexibility index (Phi) is 9.21. The monoisotopic (exact) mass is 356 g/mol. The molecule has 0 bridgehead atoms. The van der Waals surface area contributed by atoms with Crippen LogP contribution in [0.5, 0.6) is 0 Å². The number of hydrogen-bond acceptors (Lipinski definition) is 3. The van der Waals surface area contributed by atoms with E-state index in [1.54, 1.807) is 0 Å². The van der Waals surface area contributed by atoms with Crippen LogP contribution in [0, 0.1) is 5.92 Å². The molecule has 1 saturated carbocycles. The van der Waals surface area contributed by atoms with Crippen molar-refractivity contribution in [2.24, 2.45) is 5.92 Å². The second kappa shape index (κ2) is 10.1. The molecule has 1 rings (SSSR count). The van der Waals surface area contributed by atoms with Crippen molar-refractivity contribution in [1.82, 2.24) is 0 Å². The maximum atomic E-state index is 8.89. The van der Waals surface area contributed by atoms with Gasteiger partial charge in [0.15, 0.2) is 0 Å². The van der Waals surface area contributed by atoms with Gasteiger partial charge in [-0.05, 0) is 48.2 Å². The van der Waals surface area contributed by atoms with Crippen LogP contribution in [0.4, 0.5) is 0 Å². The van der Waals surface area contributed by atoms with Crippen LogP contribution < -0.4 is 0 Å². The summed E-state index contributed by atoms with van der Waals surface area (Å²) >= 11 is 0. The Morgan fingerprint density at radius 1 is 0.958 bits per heavy atom. The van der Waals surface area contributed by atoms with Crippen LogP contribution >= 0.6 is 0 Å². The molecule has 0 aliphatic heterocycles. The molecule has 24 heavy (non-hydrogen) atoms. The summed E-state index contributed by atoms with van der Waals surface area (Å²) in [5.41, 5.74) is 1.83. The van der Waals surface area contributed by atoms with Gasteiger partial charge in [-0.25, -0.2) is 0 Å². The Balaban J connectivity index is 2.83. The molecule has 0 saturated heterocycles. The van der Waals surface area contributed by atoms with Gasteiger partial charge in [-0.1, -0.05) is 53.7 Å². The highest BCUT2D eigenvalue weighted by Crippen LogP contribution is 2.45. The van der Waals surface area contributed by atoms with Gasteiger partial charge in [0, 0.05) is 7.11 Å². The highest BCUT2D eigenvalue weighted by Gasteiger charge is 2.48. The molecule has 0 heterocycles. The molecule has 3 atom stereocenters. The lowest BCUT2D eigenvalue weighted by molar-refractivity contribution is -0.0449. The molecule has 0 aromatic heterocycles. The van der Waals surface area contributed by atoms with Crippen molar-refractivity contribution in [2.45, 2.75) is 96.1 Å². The Morgan fingerprint density at radius 3 is 2.00 bits per heavy atom. The van der Waals surface area contributed by atoms with E-state index in [0.717, 1.165) is 19.3 Å². The van der Waals surface area contributed by atoms with Crippen LogP contribution in [-0.4, -0.2) is 39.3 Å². The zero-order chi connectivity index (χ0) is 18.3.